The van der Waals surface area contributed by atoms with Crippen molar-refractivity contribution in [3.8, 4) is 12.1 Å². The van der Waals surface area contributed by atoms with Crippen LogP contribution in [0.15, 0.2) is 23.5 Å². The van der Waals surface area contributed by atoms with Gasteiger partial charge in [0.15, 0.2) is 0 Å². The van der Waals surface area contributed by atoms with Crippen LogP contribution in [0, 0.1) is 22.7 Å². The van der Waals surface area contributed by atoms with Crippen molar-refractivity contribution in [2.45, 2.75) is 12.8 Å². The molecule has 0 saturated heterocycles. The van der Waals surface area contributed by atoms with E-state index in [4.69, 9.17) is 10.5 Å². The van der Waals surface area contributed by atoms with Crippen LogP contribution in [-0.2, 0) is 0 Å². The summed E-state index contributed by atoms with van der Waals surface area (Å²) in [6, 6.07) is 4.27. The standard InChI is InChI=1S/C12H18N4/c1-15(2)9-11(7-13)5-6-12(8-14)10-16(3)4/h9-10H,5-6H2,1-4H3. The smallest absolute Gasteiger partial charge is 0.0962 e. The first-order valence-electron chi connectivity index (χ1n) is 5.04. The van der Waals surface area contributed by atoms with Gasteiger partial charge in [-0.3, -0.25) is 0 Å². The highest BCUT2D eigenvalue weighted by Gasteiger charge is 2.01. The molecule has 0 aliphatic carbocycles. The van der Waals surface area contributed by atoms with Gasteiger partial charge in [0.2, 0.25) is 0 Å². The van der Waals surface area contributed by atoms with Crippen LogP contribution in [0.25, 0.3) is 0 Å². The van der Waals surface area contributed by atoms with Crippen molar-refractivity contribution in [2.75, 3.05) is 28.2 Å². The molecule has 0 heterocycles. The number of allylic oxidation sites excluding steroid dienone is 2. The highest BCUT2D eigenvalue weighted by Crippen LogP contribution is 2.11. The summed E-state index contributed by atoms with van der Waals surface area (Å²) in [6.45, 7) is 0. The van der Waals surface area contributed by atoms with Gasteiger partial charge in [0.25, 0.3) is 0 Å². The van der Waals surface area contributed by atoms with Gasteiger partial charge in [0.1, 0.15) is 0 Å². The Hall–Kier alpha value is -1.94. The van der Waals surface area contributed by atoms with Gasteiger partial charge in [-0.15, -0.1) is 0 Å². The molecule has 86 valence electrons. The quantitative estimate of drug-likeness (QED) is 0.659. The highest BCUT2D eigenvalue weighted by atomic mass is 15.0. The largest absolute Gasteiger partial charge is 0.383 e. The summed E-state index contributed by atoms with van der Waals surface area (Å²) in [5.41, 5.74) is 1.37. The van der Waals surface area contributed by atoms with E-state index in [-0.39, 0.29) is 0 Å². The second-order valence-corrected chi connectivity index (χ2v) is 3.96. The van der Waals surface area contributed by atoms with Crippen LogP contribution in [0.5, 0.6) is 0 Å². The average molecular weight is 218 g/mol. The van der Waals surface area contributed by atoms with Crippen LogP contribution in [0.4, 0.5) is 0 Å². The van der Waals surface area contributed by atoms with E-state index in [0.717, 1.165) is 0 Å². The van der Waals surface area contributed by atoms with Crippen molar-refractivity contribution < 1.29 is 0 Å². The molecule has 0 aromatic carbocycles. The van der Waals surface area contributed by atoms with Crippen LogP contribution in [0.1, 0.15) is 12.8 Å². The molecular weight excluding hydrogens is 200 g/mol. The average Bonchev–Trinajstić information content (AvgIpc) is 2.20. The first kappa shape index (κ1) is 14.1. The zero-order valence-corrected chi connectivity index (χ0v) is 10.4. The van der Waals surface area contributed by atoms with E-state index in [1.165, 1.54) is 0 Å². The van der Waals surface area contributed by atoms with Crippen molar-refractivity contribution in [1.82, 2.24) is 9.80 Å². The summed E-state index contributed by atoms with van der Waals surface area (Å²) >= 11 is 0. The molecule has 0 rings (SSSR count). The molecule has 0 unspecified atom stereocenters. The number of hydrogen-bond acceptors (Lipinski definition) is 4. The van der Waals surface area contributed by atoms with E-state index < -0.39 is 0 Å². The molecule has 4 nitrogen and oxygen atoms in total. The Balaban J connectivity index is 4.44. The molecule has 0 radical (unpaired) electrons. The van der Waals surface area contributed by atoms with Crippen LogP contribution in [-0.4, -0.2) is 38.0 Å². The molecule has 0 atom stereocenters. The molecule has 0 aliphatic heterocycles. The van der Waals surface area contributed by atoms with Crippen LogP contribution in [0.2, 0.25) is 0 Å². The molecule has 0 aromatic rings. The zero-order chi connectivity index (χ0) is 12.6. The summed E-state index contributed by atoms with van der Waals surface area (Å²) in [4.78, 5) is 3.67. The third-order valence-corrected chi connectivity index (χ3v) is 1.78. The minimum absolute atomic E-state index is 0.599. The molecule has 0 aliphatic rings. The molecule has 0 saturated carbocycles. The Morgan fingerprint density at radius 3 is 1.38 bits per heavy atom. The van der Waals surface area contributed by atoms with E-state index in [0.29, 0.717) is 24.0 Å². The Morgan fingerprint density at radius 1 is 0.875 bits per heavy atom. The molecule has 0 fully saturated rings. The number of hydrogen-bond donors (Lipinski definition) is 0. The summed E-state index contributed by atoms with van der Waals surface area (Å²) in [5.74, 6) is 0. The Bertz CT molecular complexity index is 314. The Kier molecular flexibility index (Phi) is 6.47. The number of nitrogens with zero attached hydrogens (tertiary/aromatic N) is 4. The topological polar surface area (TPSA) is 54.1 Å². The zero-order valence-electron chi connectivity index (χ0n) is 10.4. The maximum atomic E-state index is 8.88. The molecule has 0 spiro atoms. The lowest BCUT2D eigenvalue weighted by molar-refractivity contribution is 0.553. The van der Waals surface area contributed by atoms with Crippen molar-refractivity contribution in [2.24, 2.45) is 0 Å². The molecular formula is C12H18N4. The molecule has 0 amide bonds. The number of nitriles is 2. The van der Waals surface area contributed by atoms with Gasteiger partial charge in [-0.25, -0.2) is 0 Å². The van der Waals surface area contributed by atoms with Gasteiger partial charge < -0.3 is 9.80 Å². The Labute approximate surface area is 97.7 Å². The van der Waals surface area contributed by atoms with Crippen molar-refractivity contribution in [3.63, 3.8) is 0 Å². The van der Waals surface area contributed by atoms with Crippen molar-refractivity contribution in [1.29, 1.82) is 10.5 Å². The molecule has 0 N–H and O–H groups in total. The highest BCUT2D eigenvalue weighted by molar-refractivity contribution is 5.25. The second-order valence-electron chi connectivity index (χ2n) is 3.96. The van der Waals surface area contributed by atoms with Gasteiger partial charge in [-0.2, -0.15) is 10.5 Å². The maximum Gasteiger partial charge on any atom is 0.0962 e. The summed E-state index contributed by atoms with van der Waals surface area (Å²) < 4.78 is 0. The fraction of sp³-hybridized carbons (Fsp3) is 0.500. The lowest BCUT2D eigenvalue weighted by atomic mass is 10.1. The van der Waals surface area contributed by atoms with Crippen molar-refractivity contribution >= 4 is 0 Å². The summed E-state index contributed by atoms with van der Waals surface area (Å²) in [6.07, 6.45) is 4.76. The van der Waals surface area contributed by atoms with Gasteiger partial charge in [-0.05, 0) is 12.8 Å². The van der Waals surface area contributed by atoms with E-state index in [2.05, 4.69) is 12.1 Å². The fourth-order valence-electron chi connectivity index (χ4n) is 1.19. The summed E-state index contributed by atoms with van der Waals surface area (Å²) in [7, 11) is 7.49. The lowest BCUT2D eigenvalue weighted by Gasteiger charge is -2.08. The lowest BCUT2D eigenvalue weighted by Crippen LogP contribution is -2.04. The first-order chi connectivity index (χ1) is 7.49. The van der Waals surface area contributed by atoms with E-state index in [1.807, 2.05) is 38.0 Å². The minimum atomic E-state index is 0.599. The molecule has 16 heavy (non-hydrogen) atoms. The maximum absolute atomic E-state index is 8.88. The first-order valence-corrected chi connectivity index (χ1v) is 5.04. The normalized spacial score (nSPS) is 11.6. The van der Waals surface area contributed by atoms with Gasteiger partial charge in [0.05, 0.1) is 12.1 Å². The number of rotatable bonds is 5. The van der Waals surface area contributed by atoms with Gasteiger partial charge in [0, 0.05) is 51.7 Å². The van der Waals surface area contributed by atoms with Crippen LogP contribution < -0.4 is 0 Å². The van der Waals surface area contributed by atoms with E-state index >= 15 is 0 Å². The van der Waals surface area contributed by atoms with Gasteiger partial charge in [-0.1, -0.05) is 0 Å². The minimum Gasteiger partial charge on any atom is -0.383 e. The second kappa shape index (κ2) is 7.36. The fourth-order valence-corrected chi connectivity index (χ4v) is 1.19. The SMILES string of the molecule is CN(C)C=C(C#N)CCC(C#N)=CN(C)C. The molecule has 0 aromatic heterocycles. The predicted octanol–water partition coefficient (Wildman–Crippen LogP) is 1.70. The van der Waals surface area contributed by atoms with E-state index in [1.54, 1.807) is 12.4 Å². The van der Waals surface area contributed by atoms with Crippen molar-refractivity contribution in [3.05, 3.63) is 23.5 Å². The van der Waals surface area contributed by atoms with Crippen LogP contribution in [0.3, 0.4) is 0 Å². The van der Waals surface area contributed by atoms with E-state index in [9.17, 15) is 0 Å². The molecule has 4 heteroatoms. The van der Waals surface area contributed by atoms with Gasteiger partial charge >= 0.3 is 0 Å². The monoisotopic (exact) mass is 218 g/mol. The summed E-state index contributed by atoms with van der Waals surface area (Å²) in [5, 5.41) is 17.8. The third-order valence-electron chi connectivity index (χ3n) is 1.78. The Morgan fingerprint density at radius 2 is 1.19 bits per heavy atom. The van der Waals surface area contributed by atoms with Crippen LogP contribution >= 0.6 is 0 Å². The molecule has 0 bridgehead atoms. The predicted molar refractivity (Wildman–Crippen MR) is 64.0 cm³/mol. The third kappa shape index (κ3) is 6.50.